The second-order valence-corrected chi connectivity index (χ2v) is 4.80. The molecular formula is C14H18N4O2. The van der Waals surface area contributed by atoms with Crippen LogP contribution in [-0.4, -0.2) is 30.8 Å². The fourth-order valence-corrected chi connectivity index (χ4v) is 2.86. The maximum Gasteiger partial charge on any atom is 0.356 e. The summed E-state index contributed by atoms with van der Waals surface area (Å²) in [5.74, 6) is 0.700. The van der Waals surface area contributed by atoms with Crippen LogP contribution < -0.4 is 0 Å². The summed E-state index contributed by atoms with van der Waals surface area (Å²) in [5.41, 5.74) is 2.08. The second-order valence-electron chi connectivity index (χ2n) is 4.80. The minimum atomic E-state index is -0.963. The van der Waals surface area contributed by atoms with E-state index in [0.29, 0.717) is 17.7 Å². The molecule has 6 heteroatoms. The van der Waals surface area contributed by atoms with Gasteiger partial charge in [0.1, 0.15) is 0 Å². The van der Waals surface area contributed by atoms with Crippen molar-refractivity contribution in [1.82, 2.24) is 19.7 Å². The smallest absolute Gasteiger partial charge is 0.356 e. The number of hydrogen-bond acceptors (Lipinski definition) is 4. The number of nitrogens with zero attached hydrogens (tertiary/aromatic N) is 4. The van der Waals surface area contributed by atoms with Gasteiger partial charge in [0.15, 0.2) is 11.5 Å². The maximum absolute atomic E-state index is 11.2. The topological polar surface area (TPSA) is 80.9 Å². The van der Waals surface area contributed by atoms with E-state index in [9.17, 15) is 9.90 Å². The molecular weight excluding hydrogens is 256 g/mol. The zero-order chi connectivity index (χ0) is 14.3. The highest BCUT2D eigenvalue weighted by molar-refractivity contribution is 5.88. The lowest BCUT2D eigenvalue weighted by Crippen LogP contribution is -2.05. The molecule has 0 amide bonds. The van der Waals surface area contributed by atoms with Crippen molar-refractivity contribution in [2.45, 2.75) is 32.6 Å². The number of rotatable bonds is 2. The summed E-state index contributed by atoms with van der Waals surface area (Å²) < 4.78 is 1.66. The Morgan fingerprint density at radius 2 is 2.25 bits per heavy atom. The third-order valence-corrected chi connectivity index (χ3v) is 3.73. The lowest BCUT2D eigenvalue weighted by Gasteiger charge is -2.03. The average molecular weight is 274 g/mol. The molecule has 2 aliphatic rings. The zero-order valence-electron chi connectivity index (χ0n) is 11.4. The van der Waals surface area contributed by atoms with Crippen molar-refractivity contribution in [3.05, 3.63) is 35.5 Å². The third kappa shape index (κ3) is 1.79. The van der Waals surface area contributed by atoms with Crippen LogP contribution in [0.3, 0.4) is 0 Å². The molecule has 2 aromatic heterocycles. The van der Waals surface area contributed by atoms with Crippen molar-refractivity contribution in [1.29, 1.82) is 0 Å². The van der Waals surface area contributed by atoms with Crippen LogP contribution >= 0.6 is 0 Å². The highest BCUT2D eigenvalue weighted by Crippen LogP contribution is 2.57. The van der Waals surface area contributed by atoms with Crippen LogP contribution in [0.1, 0.15) is 49.4 Å². The van der Waals surface area contributed by atoms with Gasteiger partial charge in [0, 0.05) is 25.3 Å². The van der Waals surface area contributed by atoms with E-state index in [1.165, 1.54) is 0 Å². The summed E-state index contributed by atoms with van der Waals surface area (Å²) in [5, 5.41) is 13.4. The van der Waals surface area contributed by atoms with Gasteiger partial charge in [-0.05, 0) is 18.8 Å². The first kappa shape index (κ1) is 12.8. The van der Waals surface area contributed by atoms with Gasteiger partial charge in [-0.3, -0.25) is 4.98 Å². The molecule has 106 valence electrons. The summed E-state index contributed by atoms with van der Waals surface area (Å²) in [4.78, 5) is 19.4. The Labute approximate surface area is 118 Å². The van der Waals surface area contributed by atoms with Crippen LogP contribution in [0, 0.1) is 5.92 Å². The normalized spacial score (nSPS) is 21.5. The van der Waals surface area contributed by atoms with E-state index in [1.807, 2.05) is 13.8 Å². The molecule has 1 fully saturated rings. The summed E-state index contributed by atoms with van der Waals surface area (Å²) >= 11 is 0. The number of fused-ring (bicyclic) bond motifs is 3. The first-order valence-corrected chi connectivity index (χ1v) is 6.87. The molecule has 0 aliphatic heterocycles. The molecule has 6 nitrogen and oxygen atoms in total. The standard InChI is InChI=1S/C12H10N4O2.C2H6.H2/c17-12(18)10-8-4-6-3-7(6)11(8)16(15-10)9-5-13-1-2-14-9;1-2;/h1-2,5-7H,3-4H2,(H,17,18);1-2H3;1H. The van der Waals surface area contributed by atoms with Crippen molar-refractivity contribution in [3.8, 4) is 5.82 Å². The molecule has 0 radical (unpaired) electrons. The molecule has 2 heterocycles. The van der Waals surface area contributed by atoms with Crippen LogP contribution in [0.2, 0.25) is 0 Å². The molecule has 20 heavy (non-hydrogen) atoms. The van der Waals surface area contributed by atoms with Crippen molar-refractivity contribution < 1.29 is 11.3 Å². The van der Waals surface area contributed by atoms with E-state index in [2.05, 4.69) is 15.1 Å². The summed E-state index contributed by atoms with van der Waals surface area (Å²) in [6, 6.07) is 0. The van der Waals surface area contributed by atoms with Crippen molar-refractivity contribution in [3.63, 3.8) is 0 Å². The predicted octanol–water partition coefficient (Wildman–Crippen LogP) is 2.29. The Balaban J connectivity index is 0.000000517. The number of aromatic carboxylic acids is 1. The molecule has 4 rings (SSSR count). The average Bonchev–Trinajstić information content (AvgIpc) is 2.98. The largest absolute Gasteiger partial charge is 0.476 e. The van der Waals surface area contributed by atoms with Gasteiger partial charge in [-0.2, -0.15) is 5.10 Å². The minimum Gasteiger partial charge on any atom is -0.476 e. The van der Waals surface area contributed by atoms with E-state index in [0.717, 1.165) is 24.1 Å². The molecule has 2 aromatic rings. The molecule has 1 saturated carbocycles. The Morgan fingerprint density at radius 3 is 2.90 bits per heavy atom. The van der Waals surface area contributed by atoms with Crippen LogP contribution in [0.15, 0.2) is 18.6 Å². The van der Waals surface area contributed by atoms with E-state index in [1.54, 1.807) is 23.3 Å². The predicted molar refractivity (Wildman–Crippen MR) is 74.1 cm³/mol. The Morgan fingerprint density at radius 1 is 1.45 bits per heavy atom. The third-order valence-electron chi connectivity index (χ3n) is 3.73. The number of carboxylic acids is 1. The van der Waals surface area contributed by atoms with E-state index in [-0.39, 0.29) is 7.12 Å². The lowest BCUT2D eigenvalue weighted by atomic mass is 10.1. The zero-order valence-corrected chi connectivity index (χ0v) is 11.4. The lowest BCUT2D eigenvalue weighted by molar-refractivity contribution is 0.0688. The summed E-state index contributed by atoms with van der Waals surface area (Å²) in [7, 11) is 0. The van der Waals surface area contributed by atoms with E-state index >= 15 is 0 Å². The highest BCUT2D eigenvalue weighted by Gasteiger charge is 2.50. The van der Waals surface area contributed by atoms with Gasteiger partial charge in [-0.15, -0.1) is 0 Å². The number of hydrogen-bond donors (Lipinski definition) is 1. The van der Waals surface area contributed by atoms with Gasteiger partial charge in [0.05, 0.1) is 11.9 Å². The van der Waals surface area contributed by atoms with Gasteiger partial charge in [-0.1, -0.05) is 13.8 Å². The molecule has 2 aliphatic carbocycles. The molecule has 0 bridgehead atoms. The maximum atomic E-state index is 11.2. The van der Waals surface area contributed by atoms with Crippen molar-refractivity contribution >= 4 is 5.97 Å². The van der Waals surface area contributed by atoms with Gasteiger partial charge in [0.25, 0.3) is 0 Å². The van der Waals surface area contributed by atoms with Gasteiger partial charge >= 0.3 is 5.97 Å². The highest BCUT2D eigenvalue weighted by atomic mass is 16.4. The Kier molecular flexibility index (Phi) is 3.00. The van der Waals surface area contributed by atoms with Crippen molar-refractivity contribution in [2.24, 2.45) is 5.92 Å². The SMILES string of the molecule is CC.O=C(O)c1nn(-c2cnccn2)c2c1CC1CC21.[HH]. The van der Waals surface area contributed by atoms with E-state index < -0.39 is 5.97 Å². The Hall–Kier alpha value is -2.24. The fourth-order valence-electron chi connectivity index (χ4n) is 2.86. The Bertz CT molecular complexity index is 656. The first-order valence-electron chi connectivity index (χ1n) is 6.87. The van der Waals surface area contributed by atoms with Crippen LogP contribution in [0.5, 0.6) is 0 Å². The van der Waals surface area contributed by atoms with E-state index in [4.69, 9.17) is 0 Å². The number of carbonyl (C=O) groups is 1. The minimum absolute atomic E-state index is 0. The second kappa shape index (κ2) is 4.70. The summed E-state index contributed by atoms with van der Waals surface area (Å²) in [6.45, 7) is 4.00. The molecule has 0 aromatic carbocycles. The quantitative estimate of drug-likeness (QED) is 0.908. The summed E-state index contributed by atoms with van der Waals surface area (Å²) in [6.07, 6.45) is 6.75. The van der Waals surface area contributed by atoms with Crippen molar-refractivity contribution in [2.75, 3.05) is 0 Å². The molecule has 2 unspecified atom stereocenters. The molecule has 1 N–H and O–H groups in total. The molecule has 0 saturated heterocycles. The van der Waals surface area contributed by atoms with Gasteiger partial charge < -0.3 is 5.11 Å². The number of carboxylic acid groups (broad SMARTS) is 1. The monoisotopic (exact) mass is 274 g/mol. The molecule has 0 spiro atoms. The van der Waals surface area contributed by atoms with Crippen LogP contribution in [0.25, 0.3) is 5.82 Å². The number of aromatic nitrogens is 4. The van der Waals surface area contributed by atoms with Crippen LogP contribution in [0.4, 0.5) is 0 Å². The first-order chi connectivity index (χ1) is 9.75. The van der Waals surface area contributed by atoms with Gasteiger partial charge in [-0.25, -0.2) is 14.5 Å². The fraction of sp³-hybridized carbons (Fsp3) is 0.429. The molecule has 2 atom stereocenters. The van der Waals surface area contributed by atoms with Gasteiger partial charge in [0.2, 0.25) is 0 Å². The van der Waals surface area contributed by atoms with Crippen LogP contribution in [-0.2, 0) is 6.42 Å².